The maximum absolute atomic E-state index is 12.0. The van der Waals surface area contributed by atoms with Crippen molar-refractivity contribution in [3.8, 4) is 0 Å². The third-order valence-electron chi connectivity index (χ3n) is 3.50. The van der Waals surface area contributed by atoms with Gasteiger partial charge in [0.25, 0.3) is 0 Å². The topological polar surface area (TPSA) is 38.3 Å². The van der Waals surface area contributed by atoms with Crippen molar-refractivity contribution in [2.75, 3.05) is 26.0 Å². The number of hydrogen-bond donors (Lipinski definition) is 1. The maximum atomic E-state index is 12.0. The molecule has 0 heterocycles. The van der Waals surface area contributed by atoms with Crippen LogP contribution >= 0.6 is 23.4 Å². The summed E-state index contributed by atoms with van der Waals surface area (Å²) in [6.45, 7) is 1.30. The average Bonchev–Trinajstić information content (AvgIpc) is 2.61. The summed E-state index contributed by atoms with van der Waals surface area (Å²) in [6.07, 6.45) is 0.826. The van der Waals surface area contributed by atoms with E-state index in [2.05, 4.69) is 17.4 Å². The summed E-state index contributed by atoms with van der Waals surface area (Å²) in [5.74, 6) is 0.459. The van der Waals surface area contributed by atoms with Crippen molar-refractivity contribution >= 4 is 29.3 Å². The van der Waals surface area contributed by atoms with Crippen LogP contribution in [0.3, 0.4) is 0 Å². The molecule has 0 aliphatic rings. The molecule has 0 aliphatic carbocycles. The average molecular weight is 364 g/mol. The van der Waals surface area contributed by atoms with Crippen LogP contribution in [0.1, 0.15) is 22.8 Å². The number of carbonyl (C=O) groups is 1. The Labute approximate surface area is 152 Å². The Balaban J connectivity index is 1.99. The molecule has 128 valence electrons. The fraction of sp³-hybridized carbons (Fsp3) is 0.316. The first kappa shape index (κ1) is 18.8. The summed E-state index contributed by atoms with van der Waals surface area (Å²) in [5, 5.41) is 3.74. The van der Waals surface area contributed by atoms with Gasteiger partial charge in [-0.05, 0) is 29.7 Å². The molecule has 0 aliphatic heterocycles. The van der Waals surface area contributed by atoms with E-state index in [1.807, 2.05) is 42.5 Å². The molecule has 3 nitrogen and oxygen atoms in total. The van der Waals surface area contributed by atoms with Gasteiger partial charge in [0.1, 0.15) is 0 Å². The van der Waals surface area contributed by atoms with Crippen LogP contribution in [-0.2, 0) is 9.53 Å². The van der Waals surface area contributed by atoms with E-state index in [9.17, 15) is 4.79 Å². The van der Waals surface area contributed by atoms with Gasteiger partial charge in [-0.1, -0.05) is 54.1 Å². The van der Waals surface area contributed by atoms with E-state index in [0.717, 1.165) is 12.0 Å². The summed E-state index contributed by atoms with van der Waals surface area (Å²) >= 11 is 7.61. The predicted octanol–water partition coefficient (Wildman–Crippen LogP) is 4.32. The van der Waals surface area contributed by atoms with Gasteiger partial charge in [0.2, 0.25) is 5.91 Å². The first-order valence-corrected chi connectivity index (χ1v) is 9.31. The number of nitrogens with one attached hydrogen (secondary N) is 1. The molecule has 0 fully saturated rings. The van der Waals surface area contributed by atoms with Crippen LogP contribution in [0.2, 0.25) is 5.02 Å². The molecule has 1 N–H and O–H groups in total. The van der Waals surface area contributed by atoms with Gasteiger partial charge in [0.15, 0.2) is 0 Å². The van der Waals surface area contributed by atoms with Gasteiger partial charge in [-0.3, -0.25) is 4.79 Å². The maximum Gasteiger partial charge on any atom is 0.230 e. The molecule has 2 aromatic carbocycles. The number of thioether (sulfide) groups is 1. The molecule has 0 bridgehead atoms. The van der Waals surface area contributed by atoms with E-state index in [0.29, 0.717) is 23.9 Å². The Hall–Kier alpha value is -1.49. The molecule has 0 saturated heterocycles. The van der Waals surface area contributed by atoms with Crippen LogP contribution in [0, 0.1) is 0 Å². The van der Waals surface area contributed by atoms with E-state index >= 15 is 0 Å². The third kappa shape index (κ3) is 6.19. The molecule has 0 saturated carbocycles. The summed E-state index contributed by atoms with van der Waals surface area (Å²) in [5.41, 5.74) is 2.32. The number of benzene rings is 2. The lowest BCUT2D eigenvalue weighted by Crippen LogP contribution is -2.27. The molecule has 2 rings (SSSR count). The van der Waals surface area contributed by atoms with E-state index in [1.165, 1.54) is 5.56 Å². The third-order valence-corrected chi connectivity index (χ3v) is 5.06. The van der Waals surface area contributed by atoms with Gasteiger partial charge in [-0.2, -0.15) is 0 Å². The van der Waals surface area contributed by atoms with Crippen LogP contribution in [0.5, 0.6) is 0 Å². The van der Waals surface area contributed by atoms with E-state index in [1.54, 1.807) is 18.9 Å². The van der Waals surface area contributed by atoms with Gasteiger partial charge in [-0.25, -0.2) is 0 Å². The standard InChI is InChI=1S/C19H22ClNO2S/c1-23-13-5-12-21-18(22)14-24-19(15-6-3-2-4-7-15)16-8-10-17(20)11-9-16/h2-4,6-11,19H,5,12-14H2,1H3,(H,21,22)/t19-/m1/s1. The highest BCUT2D eigenvalue weighted by atomic mass is 35.5. The second-order valence-electron chi connectivity index (χ2n) is 5.35. The smallest absolute Gasteiger partial charge is 0.230 e. The van der Waals surface area contributed by atoms with Crippen molar-refractivity contribution in [3.05, 3.63) is 70.7 Å². The van der Waals surface area contributed by atoms with Crippen molar-refractivity contribution in [1.82, 2.24) is 5.32 Å². The van der Waals surface area contributed by atoms with Crippen molar-refractivity contribution in [2.24, 2.45) is 0 Å². The van der Waals surface area contributed by atoms with Crippen LogP contribution in [0.4, 0.5) is 0 Å². The Bertz CT molecular complexity index is 619. The number of methoxy groups -OCH3 is 1. The zero-order valence-corrected chi connectivity index (χ0v) is 15.3. The second-order valence-corrected chi connectivity index (χ2v) is 6.88. The Morgan fingerprint density at radius 1 is 1.12 bits per heavy atom. The Morgan fingerprint density at radius 3 is 2.46 bits per heavy atom. The fourth-order valence-corrected chi connectivity index (χ4v) is 3.55. The zero-order valence-electron chi connectivity index (χ0n) is 13.7. The number of halogens is 1. The summed E-state index contributed by atoms with van der Waals surface area (Å²) in [7, 11) is 1.66. The van der Waals surface area contributed by atoms with Crippen molar-refractivity contribution in [1.29, 1.82) is 0 Å². The van der Waals surface area contributed by atoms with Gasteiger partial charge >= 0.3 is 0 Å². The molecule has 0 aromatic heterocycles. The minimum absolute atomic E-state index is 0.0472. The van der Waals surface area contributed by atoms with Gasteiger partial charge in [0.05, 0.1) is 11.0 Å². The minimum Gasteiger partial charge on any atom is -0.385 e. The minimum atomic E-state index is 0.0472. The van der Waals surface area contributed by atoms with Crippen LogP contribution < -0.4 is 5.32 Å². The quantitative estimate of drug-likeness (QED) is 0.674. The molecule has 24 heavy (non-hydrogen) atoms. The summed E-state index contributed by atoms with van der Waals surface area (Å²) in [4.78, 5) is 12.0. The lowest BCUT2D eigenvalue weighted by molar-refractivity contribution is -0.118. The first-order valence-electron chi connectivity index (χ1n) is 7.88. The molecule has 0 unspecified atom stereocenters. The largest absolute Gasteiger partial charge is 0.385 e. The van der Waals surface area contributed by atoms with Crippen LogP contribution in [0.15, 0.2) is 54.6 Å². The molecular formula is C19H22ClNO2S. The molecular weight excluding hydrogens is 342 g/mol. The molecule has 2 aromatic rings. The normalized spacial score (nSPS) is 11.9. The number of carbonyl (C=O) groups excluding carboxylic acids is 1. The molecule has 1 atom stereocenters. The summed E-state index contributed by atoms with van der Waals surface area (Å²) < 4.78 is 4.98. The Kier molecular flexibility index (Phi) is 8.16. The molecule has 5 heteroatoms. The second kappa shape index (κ2) is 10.4. The van der Waals surface area contributed by atoms with Gasteiger partial charge in [0, 0.05) is 25.3 Å². The van der Waals surface area contributed by atoms with E-state index in [4.69, 9.17) is 16.3 Å². The SMILES string of the molecule is COCCCNC(=O)CS[C@H](c1ccccc1)c1ccc(Cl)cc1. The molecule has 0 spiro atoms. The summed E-state index contributed by atoms with van der Waals surface area (Å²) in [6, 6.07) is 18.0. The highest BCUT2D eigenvalue weighted by Crippen LogP contribution is 2.35. The lowest BCUT2D eigenvalue weighted by atomic mass is 10.0. The van der Waals surface area contributed by atoms with Crippen molar-refractivity contribution in [3.63, 3.8) is 0 Å². The zero-order chi connectivity index (χ0) is 17.2. The number of hydrogen-bond acceptors (Lipinski definition) is 3. The number of amides is 1. The molecule has 1 amide bonds. The van der Waals surface area contributed by atoms with Crippen molar-refractivity contribution in [2.45, 2.75) is 11.7 Å². The van der Waals surface area contributed by atoms with E-state index in [-0.39, 0.29) is 11.2 Å². The fourth-order valence-electron chi connectivity index (χ4n) is 2.30. The number of ether oxygens (including phenoxy) is 1. The monoisotopic (exact) mass is 363 g/mol. The Morgan fingerprint density at radius 2 is 1.79 bits per heavy atom. The van der Waals surface area contributed by atoms with Crippen molar-refractivity contribution < 1.29 is 9.53 Å². The van der Waals surface area contributed by atoms with Gasteiger partial charge in [-0.15, -0.1) is 11.8 Å². The predicted molar refractivity (Wildman–Crippen MR) is 102 cm³/mol. The highest BCUT2D eigenvalue weighted by molar-refractivity contribution is 8.00. The molecule has 0 radical (unpaired) electrons. The van der Waals surface area contributed by atoms with E-state index < -0.39 is 0 Å². The lowest BCUT2D eigenvalue weighted by Gasteiger charge is -2.17. The van der Waals surface area contributed by atoms with Crippen LogP contribution in [-0.4, -0.2) is 31.9 Å². The highest BCUT2D eigenvalue weighted by Gasteiger charge is 2.16. The van der Waals surface area contributed by atoms with Crippen LogP contribution in [0.25, 0.3) is 0 Å². The first-order chi connectivity index (χ1) is 11.7. The number of rotatable bonds is 9. The van der Waals surface area contributed by atoms with Gasteiger partial charge < -0.3 is 10.1 Å².